The predicted octanol–water partition coefficient (Wildman–Crippen LogP) is 1.46. The molecular formula is C11H16N2O. The summed E-state index contributed by atoms with van der Waals surface area (Å²) in [6, 6.07) is 3.82. The zero-order valence-electron chi connectivity index (χ0n) is 8.44. The normalized spacial score (nSPS) is 25.5. The van der Waals surface area contributed by atoms with E-state index in [2.05, 4.69) is 10.3 Å². The van der Waals surface area contributed by atoms with Gasteiger partial charge in [0.1, 0.15) is 5.75 Å². The summed E-state index contributed by atoms with van der Waals surface area (Å²) in [7, 11) is 2.00. The maximum atomic E-state index is 5.76. The number of nitrogens with zero attached hydrogens (tertiary/aromatic N) is 1. The Morgan fingerprint density at radius 3 is 2.79 bits per heavy atom. The molecule has 3 heteroatoms. The van der Waals surface area contributed by atoms with E-state index < -0.39 is 0 Å². The first-order chi connectivity index (χ1) is 6.88. The van der Waals surface area contributed by atoms with Gasteiger partial charge in [-0.2, -0.15) is 0 Å². The summed E-state index contributed by atoms with van der Waals surface area (Å²) in [5, 5.41) is 3.19. The minimum atomic E-state index is 0.413. The van der Waals surface area contributed by atoms with Crippen LogP contribution in [0.3, 0.4) is 0 Å². The van der Waals surface area contributed by atoms with Crippen molar-refractivity contribution in [1.29, 1.82) is 0 Å². The summed E-state index contributed by atoms with van der Waals surface area (Å²) < 4.78 is 5.76. The van der Waals surface area contributed by atoms with Crippen LogP contribution in [0.2, 0.25) is 0 Å². The van der Waals surface area contributed by atoms with Gasteiger partial charge in [0.05, 0.1) is 6.10 Å². The second kappa shape index (κ2) is 4.42. The van der Waals surface area contributed by atoms with Gasteiger partial charge >= 0.3 is 0 Å². The fraction of sp³-hybridized carbons (Fsp3) is 0.545. The lowest BCUT2D eigenvalue weighted by molar-refractivity contribution is 0.0657. The van der Waals surface area contributed by atoms with Gasteiger partial charge in [0.15, 0.2) is 0 Å². The number of aromatic nitrogens is 1. The maximum Gasteiger partial charge on any atom is 0.122 e. The summed E-state index contributed by atoms with van der Waals surface area (Å²) in [6.45, 7) is 1.11. The van der Waals surface area contributed by atoms with Crippen LogP contribution in [0.5, 0.6) is 5.75 Å². The molecule has 0 bridgehead atoms. The standard InChI is InChI=1S/C11H16N2O/c1-12-8-9-6-11(7-9)14-10-2-4-13-5-3-10/h2-5,9,11-12H,6-8H2,1H3. The van der Waals surface area contributed by atoms with Crippen molar-refractivity contribution in [3.8, 4) is 5.75 Å². The molecule has 1 N–H and O–H groups in total. The average molecular weight is 192 g/mol. The van der Waals surface area contributed by atoms with E-state index in [0.29, 0.717) is 6.10 Å². The Morgan fingerprint density at radius 2 is 2.14 bits per heavy atom. The summed E-state index contributed by atoms with van der Waals surface area (Å²) in [6.07, 6.45) is 6.28. The highest BCUT2D eigenvalue weighted by Crippen LogP contribution is 2.30. The van der Waals surface area contributed by atoms with E-state index in [1.165, 1.54) is 12.8 Å². The molecule has 0 atom stereocenters. The molecule has 0 radical (unpaired) electrons. The smallest absolute Gasteiger partial charge is 0.122 e. The van der Waals surface area contributed by atoms with Gasteiger partial charge in [-0.1, -0.05) is 0 Å². The van der Waals surface area contributed by atoms with Gasteiger partial charge in [-0.15, -0.1) is 0 Å². The molecule has 0 spiro atoms. The molecule has 3 nitrogen and oxygen atoms in total. The van der Waals surface area contributed by atoms with Gasteiger partial charge < -0.3 is 10.1 Å². The molecule has 1 aliphatic rings. The predicted molar refractivity (Wildman–Crippen MR) is 55.3 cm³/mol. The van der Waals surface area contributed by atoms with E-state index in [-0.39, 0.29) is 0 Å². The maximum absolute atomic E-state index is 5.76. The largest absolute Gasteiger partial charge is 0.490 e. The van der Waals surface area contributed by atoms with Gasteiger partial charge in [-0.3, -0.25) is 4.98 Å². The molecule has 0 unspecified atom stereocenters. The molecule has 2 rings (SSSR count). The van der Waals surface area contributed by atoms with E-state index in [1.54, 1.807) is 12.4 Å². The molecule has 1 heterocycles. The summed E-state index contributed by atoms with van der Waals surface area (Å²) in [5.74, 6) is 1.74. The van der Waals surface area contributed by atoms with Crippen molar-refractivity contribution in [3.63, 3.8) is 0 Å². The van der Waals surface area contributed by atoms with Crippen molar-refractivity contribution in [1.82, 2.24) is 10.3 Å². The molecule has 1 saturated carbocycles. The van der Waals surface area contributed by atoms with E-state index in [1.807, 2.05) is 19.2 Å². The number of hydrogen-bond acceptors (Lipinski definition) is 3. The molecule has 76 valence electrons. The number of hydrogen-bond donors (Lipinski definition) is 1. The molecule has 1 aromatic rings. The fourth-order valence-electron chi connectivity index (χ4n) is 1.84. The Balaban J connectivity index is 1.74. The minimum absolute atomic E-state index is 0.413. The fourth-order valence-corrected chi connectivity index (χ4v) is 1.84. The van der Waals surface area contributed by atoms with Crippen LogP contribution < -0.4 is 10.1 Å². The van der Waals surface area contributed by atoms with Crippen LogP contribution in [0.25, 0.3) is 0 Å². The summed E-state index contributed by atoms with van der Waals surface area (Å²) >= 11 is 0. The lowest BCUT2D eigenvalue weighted by atomic mass is 9.82. The lowest BCUT2D eigenvalue weighted by Crippen LogP contribution is -2.38. The first-order valence-electron chi connectivity index (χ1n) is 5.10. The highest BCUT2D eigenvalue weighted by atomic mass is 16.5. The van der Waals surface area contributed by atoms with Gasteiger partial charge in [-0.25, -0.2) is 0 Å². The Hall–Kier alpha value is -1.09. The van der Waals surface area contributed by atoms with Crippen molar-refractivity contribution in [3.05, 3.63) is 24.5 Å². The van der Waals surface area contributed by atoms with Gasteiger partial charge in [0.2, 0.25) is 0 Å². The van der Waals surface area contributed by atoms with Gasteiger partial charge in [0.25, 0.3) is 0 Å². The summed E-state index contributed by atoms with van der Waals surface area (Å²) in [4.78, 5) is 3.95. The third-order valence-corrected chi connectivity index (χ3v) is 2.64. The molecule has 1 aromatic heterocycles. The molecule has 1 aliphatic carbocycles. The Bertz CT molecular complexity index is 270. The average Bonchev–Trinajstić information content (AvgIpc) is 2.16. The lowest BCUT2D eigenvalue weighted by Gasteiger charge is -2.35. The van der Waals surface area contributed by atoms with Crippen molar-refractivity contribution >= 4 is 0 Å². The van der Waals surface area contributed by atoms with Crippen molar-refractivity contribution < 1.29 is 4.74 Å². The second-order valence-electron chi connectivity index (χ2n) is 3.82. The molecule has 1 fully saturated rings. The highest BCUT2D eigenvalue weighted by Gasteiger charge is 2.29. The molecular weight excluding hydrogens is 176 g/mol. The quantitative estimate of drug-likeness (QED) is 0.784. The Labute approximate surface area is 84.5 Å². The SMILES string of the molecule is CNCC1CC(Oc2ccncc2)C1. The number of nitrogens with one attached hydrogen (secondary N) is 1. The van der Waals surface area contributed by atoms with Crippen LogP contribution in [0.1, 0.15) is 12.8 Å². The third-order valence-electron chi connectivity index (χ3n) is 2.64. The van der Waals surface area contributed by atoms with E-state index >= 15 is 0 Å². The molecule has 0 aliphatic heterocycles. The topological polar surface area (TPSA) is 34.1 Å². The van der Waals surface area contributed by atoms with Crippen LogP contribution >= 0.6 is 0 Å². The Kier molecular flexibility index (Phi) is 2.99. The molecule has 0 aromatic carbocycles. The van der Waals surface area contributed by atoms with E-state index in [9.17, 15) is 0 Å². The van der Waals surface area contributed by atoms with Gasteiger partial charge in [0, 0.05) is 12.4 Å². The Morgan fingerprint density at radius 1 is 1.43 bits per heavy atom. The van der Waals surface area contributed by atoms with Crippen molar-refractivity contribution in [2.24, 2.45) is 5.92 Å². The zero-order chi connectivity index (χ0) is 9.80. The number of ether oxygens (including phenoxy) is 1. The van der Waals surface area contributed by atoms with Gasteiger partial charge in [-0.05, 0) is 44.5 Å². The molecule has 0 amide bonds. The van der Waals surface area contributed by atoms with E-state index in [4.69, 9.17) is 4.74 Å². The third kappa shape index (κ3) is 2.23. The first kappa shape index (κ1) is 9.46. The van der Waals surface area contributed by atoms with Crippen LogP contribution in [0, 0.1) is 5.92 Å². The minimum Gasteiger partial charge on any atom is -0.490 e. The van der Waals surface area contributed by atoms with Crippen LogP contribution in [0.4, 0.5) is 0 Å². The first-order valence-corrected chi connectivity index (χ1v) is 5.10. The number of pyridine rings is 1. The van der Waals surface area contributed by atoms with Crippen LogP contribution in [-0.4, -0.2) is 24.7 Å². The number of rotatable bonds is 4. The van der Waals surface area contributed by atoms with Crippen molar-refractivity contribution in [2.45, 2.75) is 18.9 Å². The molecule has 14 heavy (non-hydrogen) atoms. The van der Waals surface area contributed by atoms with Crippen molar-refractivity contribution in [2.75, 3.05) is 13.6 Å². The highest BCUT2D eigenvalue weighted by molar-refractivity contribution is 5.17. The zero-order valence-corrected chi connectivity index (χ0v) is 8.44. The summed E-state index contributed by atoms with van der Waals surface area (Å²) in [5.41, 5.74) is 0. The monoisotopic (exact) mass is 192 g/mol. The van der Waals surface area contributed by atoms with Crippen LogP contribution in [-0.2, 0) is 0 Å². The van der Waals surface area contributed by atoms with E-state index in [0.717, 1.165) is 18.2 Å². The molecule has 0 saturated heterocycles. The second-order valence-corrected chi connectivity index (χ2v) is 3.82. The van der Waals surface area contributed by atoms with Crippen LogP contribution in [0.15, 0.2) is 24.5 Å².